The van der Waals surface area contributed by atoms with Gasteiger partial charge in [-0.05, 0) is 31.2 Å². The molecule has 3 heterocycles. The van der Waals surface area contributed by atoms with Crippen LogP contribution in [0, 0.1) is 18.3 Å². The summed E-state index contributed by atoms with van der Waals surface area (Å²) in [5.41, 5.74) is 0.578. The molecule has 0 saturated carbocycles. The maximum Gasteiger partial charge on any atom is 0.126 e. The van der Waals surface area contributed by atoms with E-state index in [2.05, 4.69) is 40.3 Å². The Morgan fingerprint density at radius 3 is 2.78 bits per heavy atom. The van der Waals surface area contributed by atoms with Crippen molar-refractivity contribution in [3.05, 3.63) is 45.8 Å². The average Bonchev–Trinajstić information content (AvgIpc) is 3.03. The predicted octanol–water partition coefficient (Wildman–Crippen LogP) is 2.81. The van der Waals surface area contributed by atoms with Crippen molar-refractivity contribution in [2.45, 2.75) is 13.0 Å². The summed E-state index contributed by atoms with van der Waals surface area (Å²) in [7, 11) is 0. The zero-order valence-corrected chi connectivity index (χ0v) is 14.0. The van der Waals surface area contributed by atoms with Crippen LogP contribution in [-0.4, -0.2) is 42.7 Å². The zero-order chi connectivity index (χ0) is 16.1. The summed E-state index contributed by atoms with van der Waals surface area (Å²) in [5, 5.41) is 12.2. The van der Waals surface area contributed by atoms with E-state index >= 15 is 0 Å². The van der Waals surface area contributed by atoms with Crippen molar-refractivity contribution in [2.24, 2.45) is 0 Å². The molecule has 120 valence electrons. The lowest BCUT2D eigenvalue weighted by Crippen LogP contribution is -2.41. The number of nitrogens with one attached hydrogen (secondary N) is 1. The maximum absolute atomic E-state index is 8.84. The molecule has 1 saturated heterocycles. The van der Waals surface area contributed by atoms with E-state index in [0.717, 1.165) is 38.7 Å². The Labute approximate surface area is 140 Å². The first kappa shape index (κ1) is 15.9. The Morgan fingerprint density at radius 2 is 2.17 bits per heavy atom. The normalized spacial score (nSPS) is 16.7. The highest BCUT2D eigenvalue weighted by molar-refractivity contribution is 7.12. The van der Waals surface area contributed by atoms with E-state index in [1.54, 1.807) is 12.3 Å². The molecule has 5 nitrogen and oxygen atoms in total. The molecule has 1 atom stereocenters. The van der Waals surface area contributed by atoms with Gasteiger partial charge >= 0.3 is 0 Å². The van der Waals surface area contributed by atoms with Crippen LogP contribution in [-0.2, 0) is 4.74 Å². The number of aromatic nitrogens is 1. The number of thiophene rings is 1. The molecule has 2 aromatic rings. The van der Waals surface area contributed by atoms with Crippen LogP contribution in [0.2, 0.25) is 0 Å². The minimum atomic E-state index is 0.315. The van der Waals surface area contributed by atoms with Gasteiger partial charge in [-0.3, -0.25) is 4.90 Å². The van der Waals surface area contributed by atoms with Gasteiger partial charge in [0.05, 0.1) is 24.8 Å². The number of anilines is 1. The van der Waals surface area contributed by atoms with Gasteiger partial charge < -0.3 is 10.1 Å². The molecular formula is C17H20N4OS. The first-order chi connectivity index (χ1) is 11.3. The molecule has 0 unspecified atom stereocenters. The smallest absolute Gasteiger partial charge is 0.126 e. The van der Waals surface area contributed by atoms with Gasteiger partial charge in [0.2, 0.25) is 0 Å². The molecule has 0 radical (unpaired) electrons. The van der Waals surface area contributed by atoms with Gasteiger partial charge in [-0.1, -0.05) is 0 Å². The average molecular weight is 328 g/mol. The first-order valence-electron chi connectivity index (χ1n) is 7.74. The standard InChI is InChI=1S/C17H20N4OS/c1-13-2-4-16(23-13)15(21-6-8-22-9-7-21)12-20-17-5-3-14(10-18)11-19-17/h2-5,11,15H,6-9,12H2,1H3,(H,19,20)/t15-/m0/s1. The Balaban J connectivity index is 1.71. The third-order valence-corrected chi connectivity index (χ3v) is 5.05. The lowest BCUT2D eigenvalue weighted by Gasteiger charge is -2.34. The minimum Gasteiger partial charge on any atom is -0.379 e. The Bertz CT molecular complexity index is 671. The summed E-state index contributed by atoms with van der Waals surface area (Å²) in [4.78, 5) is 9.45. The van der Waals surface area contributed by atoms with Gasteiger partial charge in [-0.15, -0.1) is 11.3 Å². The van der Waals surface area contributed by atoms with Gasteiger partial charge in [0.25, 0.3) is 0 Å². The van der Waals surface area contributed by atoms with Crippen LogP contribution < -0.4 is 5.32 Å². The number of hydrogen-bond donors (Lipinski definition) is 1. The first-order valence-corrected chi connectivity index (χ1v) is 8.56. The predicted molar refractivity (Wildman–Crippen MR) is 91.6 cm³/mol. The third kappa shape index (κ3) is 4.08. The van der Waals surface area contributed by atoms with Crippen LogP contribution in [0.25, 0.3) is 0 Å². The van der Waals surface area contributed by atoms with Crippen LogP contribution in [0.3, 0.4) is 0 Å². The highest BCUT2D eigenvalue weighted by atomic mass is 32.1. The number of nitrogens with zero attached hydrogens (tertiary/aromatic N) is 3. The number of nitriles is 1. The van der Waals surface area contributed by atoms with Crippen molar-refractivity contribution < 1.29 is 4.74 Å². The van der Waals surface area contributed by atoms with E-state index < -0.39 is 0 Å². The van der Waals surface area contributed by atoms with E-state index in [0.29, 0.717) is 11.6 Å². The molecule has 3 rings (SSSR count). The molecule has 0 spiro atoms. The van der Waals surface area contributed by atoms with Crippen LogP contribution in [0.15, 0.2) is 30.5 Å². The summed E-state index contributed by atoms with van der Waals surface area (Å²) in [6, 6.07) is 10.4. The van der Waals surface area contributed by atoms with Crippen molar-refractivity contribution in [2.75, 3.05) is 38.2 Å². The number of pyridine rings is 1. The topological polar surface area (TPSA) is 61.2 Å². The highest BCUT2D eigenvalue weighted by Gasteiger charge is 2.23. The van der Waals surface area contributed by atoms with Crippen molar-refractivity contribution in [3.63, 3.8) is 0 Å². The monoisotopic (exact) mass is 328 g/mol. The van der Waals surface area contributed by atoms with E-state index in [9.17, 15) is 0 Å². The number of rotatable bonds is 5. The fraction of sp³-hybridized carbons (Fsp3) is 0.412. The van der Waals surface area contributed by atoms with Crippen LogP contribution in [0.4, 0.5) is 5.82 Å². The Morgan fingerprint density at radius 1 is 1.35 bits per heavy atom. The second-order valence-electron chi connectivity index (χ2n) is 5.54. The lowest BCUT2D eigenvalue weighted by atomic mass is 10.2. The van der Waals surface area contributed by atoms with E-state index in [1.807, 2.05) is 17.4 Å². The lowest BCUT2D eigenvalue weighted by molar-refractivity contribution is 0.0194. The second-order valence-corrected chi connectivity index (χ2v) is 6.86. The van der Waals surface area contributed by atoms with Gasteiger partial charge in [-0.25, -0.2) is 4.98 Å². The number of aryl methyl sites for hydroxylation is 1. The summed E-state index contributed by atoms with van der Waals surface area (Å²) in [5.74, 6) is 0.801. The summed E-state index contributed by atoms with van der Waals surface area (Å²) < 4.78 is 5.48. The Hall–Kier alpha value is -1.94. The molecule has 2 aromatic heterocycles. The number of hydrogen-bond acceptors (Lipinski definition) is 6. The molecule has 1 aliphatic heterocycles. The molecule has 0 aliphatic carbocycles. The van der Waals surface area contributed by atoms with Crippen molar-refractivity contribution in [3.8, 4) is 6.07 Å². The molecule has 0 amide bonds. The van der Waals surface area contributed by atoms with Crippen LogP contribution in [0.5, 0.6) is 0 Å². The molecular weight excluding hydrogens is 308 g/mol. The summed E-state index contributed by atoms with van der Waals surface area (Å²) in [6.07, 6.45) is 1.60. The minimum absolute atomic E-state index is 0.315. The highest BCUT2D eigenvalue weighted by Crippen LogP contribution is 2.28. The van der Waals surface area contributed by atoms with E-state index in [4.69, 9.17) is 10.00 Å². The summed E-state index contributed by atoms with van der Waals surface area (Å²) >= 11 is 1.84. The Kier molecular flexibility index (Phi) is 5.23. The van der Waals surface area contributed by atoms with Gasteiger partial charge in [0, 0.05) is 35.6 Å². The molecule has 6 heteroatoms. The quantitative estimate of drug-likeness (QED) is 0.914. The molecule has 23 heavy (non-hydrogen) atoms. The van der Waals surface area contributed by atoms with Crippen LogP contribution in [0.1, 0.15) is 21.4 Å². The van der Waals surface area contributed by atoms with Crippen LogP contribution >= 0.6 is 11.3 Å². The fourth-order valence-corrected chi connectivity index (χ4v) is 3.71. The van der Waals surface area contributed by atoms with E-state index in [1.165, 1.54) is 9.75 Å². The summed E-state index contributed by atoms with van der Waals surface area (Å²) in [6.45, 7) is 6.40. The number of ether oxygens (including phenoxy) is 1. The second kappa shape index (κ2) is 7.55. The zero-order valence-electron chi connectivity index (χ0n) is 13.2. The molecule has 0 bridgehead atoms. The van der Waals surface area contributed by atoms with Gasteiger partial charge in [-0.2, -0.15) is 5.26 Å². The maximum atomic E-state index is 8.84. The van der Waals surface area contributed by atoms with Gasteiger partial charge in [0.1, 0.15) is 11.9 Å². The fourth-order valence-electron chi connectivity index (χ4n) is 2.70. The molecule has 1 aliphatic rings. The van der Waals surface area contributed by atoms with Gasteiger partial charge in [0.15, 0.2) is 0 Å². The van der Waals surface area contributed by atoms with Crippen molar-refractivity contribution >= 4 is 17.2 Å². The van der Waals surface area contributed by atoms with Crippen molar-refractivity contribution in [1.29, 1.82) is 5.26 Å². The van der Waals surface area contributed by atoms with Crippen molar-refractivity contribution in [1.82, 2.24) is 9.88 Å². The van der Waals surface area contributed by atoms with E-state index in [-0.39, 0.29) is 0 Å². The SMILES string of the molecule is Cc1ccc([C@H](CNc2ccc(C#N)cn2)N2CCOCC2)s1. The number of morpholine rings is 1. The molecule has 1 fully saturated rings. The molecule has 1 N–H and O–H groups in total. The largest absolute Gasteiger partial charge is 0.379 e. The third-order valence-electron chi connectivity index (χ3n) is 3.95. The molecule has 0 aromatic carbocycles.